The second kappa shape index (κ2) is 5.93. The Bertz CT molecular complexity index is 482. The molecule has 0 spiro atoms. The topological polar surface area (TPSA) is 0 Å². The molecule has 4 saturated carbocycles. The maximum Gasteiger partial charge on any atom is 0.00835 e. The average molecular weight is 349 g/mol. The Morgan fingerprint density at radius 2 is 1.54 bits per heavy atom. The number of fused-ring (bicyclic) bond motifs is 5. The van der Waals surface area contributed by atoms with Crippen LogP contribution in [-0.2, 0) is 0 Å². The minimum atomic E-state index is 0.540. The van der Waals surface area contributed by atoms with Crippen molar-refractivity contribution in [1.29, 1.82) is 0 Å². The predicted molar refractivity (Wildman–Crippen MR) is 107 cm³/mol. The van der Waals surface area contributed by atoms with Crippen LogP contribution in [0.1, 0.15) is 92.4 Å². The summed E-state index contributed by atoms with van der Waals surface area (Å²) >= 11 is 2.33. The van der Waals surface area contributed by atoms with Crippen molar-refractivity contribution in [3.63, 3.8) is 0 Å². The van der Waals surface area contributed by atoms with Gasteiger partial charge >= 0.3 is 0 Å². The molecular weight excluding hydrogens is 308 g/mol. The van der Waals surface area contributed by atoms with Gasteiger partial charge in [-0.3, -0.25) is 0 Å². The van der Waals surface area contributed by atoms with Gasteiger partial charge in [-0.25, -0.2) is 0 Å². The van der Waals surface area contributed by atoms with Crippen molar-refractivity contribution in [1.82, 2.24) is 0 Å². The van der Waals surface area contributed by atoms with Gasteiger partial charge in [0.25, 0.3) is 0 Å². The first-order valence-corrected chi connectivity index (χ1v) is 12.0. The van der Waals surface area contributed by atoms with Gasteiger partial charge in [0.1, 0.15) is 0 Å². The van der Waals surface area contributed by atoms with Crippen LogP contribution in [0.15, 0.2) is 0 Å². The van der Waals surface area contributed by atoms with Crippen LogP contribution in [0.4, 0.5) is 0 Å². The van der Waals surface area contributed by atoms with Gasteiger partial charge in [-0.05, 0) is 90.6 Å². The molecule has 0 radical (unpaired) electrons. The van der Waals surface area contributed by atoms with Crippen LogP contribution in [0.5, 0.6) is 0 Å². The summed E-state index contributed by atoms with van der Waals surface area (Å²) in [6.07, 6.45) is 13.7. The molecule has 0 heterocycles. The van der Waals surface area contributed by atoms with Crippen molar-refractivity contribution in [2.24, 2.45) is 39.9 Å². The zero-order valence-corrected chi connectivity index (χ0v) is 17.7. The van der Waals surface area contributed by atoms with Gasteiger partial charge < -0.3 is 0 Å². The lowest BCUT2D eigenvalue weighted by Crippen LogP contribution is -2.61. The molecule has 138 valence electrons. The summed E-state index contributed by atoms with van der Waals surface area (Å²) in [4.78, 5) is 0. The third kappa shape index (κ3) is 2.31. The molecule has 0 bridgehead atoms. The highest BCUT2D eigenvalue weighted by Crippen LogP contribution is 2.71. The molecule has 0 aliphatic heterocycles. The van der Waals surface area contributed by atoms with Crippen molar-refractivity contribution in [2.75, 3.05) is 5.75 Å². The maximum atomic E-state index is 2.76. The lowest BCUT2D eigenvalue weighted by molar-refractivity contribution is -0.159. The summed E-state index contributed by atoms with van der Waals surface area (Å²) in [5, 5.41) is 0.948. The summed E-state index contributed by atoms with van der Waals surface area (Å²) in [7, 11) is 0. The molecule has 4 rings (SSSR count). The van der Waals surface area contributed by atoms with Gasteiger partial charge in [0.2, 0.25) is 0 Å². The fourth-order valence-corrected chi connectivity index (χ4v) is 9.81. The van der Waals surface area contributed by atoms with E-state index in [2.05, 4.69) is 46.4 Å². The van der Waals surface area contributed by atoms with E-state index in [0.717, 1.165) is 28.9 Å². The summed E-state index contributed by atoms with van der Waals surface area (Å²) in [5.41, 5.74) is 1.83. The van der Waals surface area contributed by atoms with Crippen LogP contribution in [0.3, 0.4) is 0 Å². The number of hydrogen-bond donors (Lipinski definition) is 0. The Morgan fingerprint density at radius 1 is 0.833 bits per heavy atom. The largest absolute Gasteiger partial charge is 0.159 e. The van der Waals surface area contributed by atoms with E-state index in [1.54, 1.807) is 12.8 Å². The third-order valence-corrected chi connectivity index (χ3v) is 11.2. The Balaban J connectivity index is 1.74. The highest BCUT2D eigenvalue weighted by Gasteiger charge is 2.63. The fraction of sp³-hybridized carbons (Fsp3) is 1.00. The van der Waals surface area contributed by atoms with Gasteiger partial charge in [0, 0.05) is 5.25 Å². The minimum Gasteiger partial charge on any atom is -0.159 e. The van der Waals surface area contributed by atoms with Gasteiger partial charge in [-0.1, -0.05) is 47.5 Å². The molecule has 0 nitrogen and oxygen atoms in total. The second-order valence-corrected chi connectivity index (χ2v) is 12.4. The van der Waals surface area contributed by atoms with Gasteiger partial charge in [-0.2, -0.15) is 11.8 Å². The summed E-state index contributed by atoms with van der Waals surface area (Å²) in [5.74, 6) is 5.40. The molecule has 4 fully saturated rings. The van der Waals surface area contributed by atoms with E-state index in [9.17, 15) is 0 Å². The van der Waals surface area contributed by atoms with Crippen molar-refractivity contribution >= 4 is 11.8 Å². The molecule has 0 aromatic carbocycles. The molecule has 24 heavy (non-hydrogen) atoms. The highest BCUT2D eigenvalue weighted by atomic mass is 32.2. The van der Waals surface area contributed by atoms with E-state index < -0.39 is 0 Å². The van der Waals surface area contributed by atoms with Gasteiger partial charge in [0.05, 0.1) is 0 Å². The van der Waals surface area contributed by atoms with E-state index in [1.807, 2.05) is 0 Å². The Kier molecular flexibility index (Phi) is 4.39. The van der Waals surface area contributed by atoms with Crippen molar-refractivity contribution in [3.05, 3.63) is 0 Å². The van der Waals surface area contributed by atoms with Crippen molar-refractivity contribution < 1.29 is 0 Å². The minimum absolute atomic E-state index is 0.540. The van der Waals surface area contributed by atoms with E-state index in [0.29, 0.717) is 16.2 Å². The molecule has 7 atom stereocenters. The second-order valence-electron chi connectivity index (χ2n) is 10.9. The first-order valence-electron chi connectivity index (χ1n) is 10.9. The monoisotopic (exact) mass is 348 g/mol. The molecule has 0 aromatic rings. The smallest absolute Gasteiger partial charge is 0.00835 e. The fourth-order valence-electron chi connectivity index (χ4n) is 8.37. The molecule has 0 aromatic heterocycles. The normalized spacial score (nSPS) is 53.1. The van der Waals surface area contributed by atoms with Gasteiger partial charge in [0.15, 0.2) is 0 Å². The molecule has 0 saturated heterocycles. The van der Waals surface area contributed by atoms with Crippen LogP contribution in [-0.4, -0.2) is 11.0 Å². The van der Waals surface area contributed by atoms with Crippen LogP contribution in [0, 0.1) is 39.9 Å². The summed E-state index contributed by atoms with van der Waals surface area (Å²) in [6.45, 7) is 13.1. The van der Waals surface area contributed by atoms with E-state index in [-0.39, 0.29) is 0 Å². The molecule has 0 amide bonds. The van der Waals surface area contributed by atoms with Crippen LogP contribution in [0.2, 0.25) is 0 Å². The standard InChI is InChI=1S/C23H40S/c1-6-24-20-15-16-17-9-8-13-22(17,4)14-11-18(16)23(5)19(20)10-7-12-21(23,2)3/h16-20H,6-15H2,1-5H3/t16-,17-,18-,19+,20+,22-,23+/m0/s1. The van der Waals surface area contributed by atoms with E-state index in [1.165, 1.54) is 50.7 Å². The SMILES string of the molecule is CCS[C@@H]1C[C@H]2[C@@H]3CCC[C@@]3(C)CC[C@@H]2[C@]2(C)[C@@H]1CCCC2(C)C. The van der Waals surface area contributed by atoms with E-state index in [4.69, 9.17) is 0 Å². The maximum absolute atomic E-state index is 2.76. The predicted octanol–water partition coefficient (Wildman–Crippen LogP) is 7.18. The number of rotatable bonds is 2. The van der Waals surface area contributed by atoms with E-state index >= 15 is 0 Å². The Hall–Kier alpha value is 0.350. The van der Waals surface area contributed by atoms with Crippen LogP contribution in [0.25, 0.3) is 0 Å². The molecule has 4 aliphatic carbocycles. The molecule has 0 unspecified atom stereocenters. The van der Waals surface area contributed by atoms with Crippen molar-refractivity contribution in [3.8, 4) is 0 Å². The average Bonchev–Trinajstić information content (AvgIpc) is 2.91. The first-order chi connectivity index (χ1) is 11.3. The lowest BCUT2D eigenvalue weighted by atomic mass is 9.39. The molecular formula is C23H40S. The first kappa shape index (κ1) is 17.7. The highest BCUT2D eigenvalue weighted by molar-refractivity contribution is 7.99. The third-order valence-electron chi connectivity index (χ3n) is 9.87. The Labute approximate surface area is 155 Å². The quantitative estimate of drug-likeness (QED) is 0.509. The summed E-state index contributed by atoms with van der Waals surface area (Å²) in [6, 6.07) is 0. The molecule has 4 aliphatic rings. The number of thioether (sulfide) groups is 1. The van der Waals surface area contributed by atoms with Gasteiger partial charge in [-0.15, -0.1) is 0 Å². The molecule has 0 N–H and O–H groups in total. The molecule has 1 heteroatoms. The number of hydrogen-bond acceptors (Lipinski definition) is 1. The zero-order valence-electron chi connectivity index (χ0n) is 16.9. The Morgan fingerprint density at radius 3 is 2.29 bits per heavy atom. The van der Waals surface area contributed by atoms with Crippen LogP contribution >= 0.6 is 11.8 Å². The zero-order chi connectivity index (χ0) is 17.2. The lowest BCUT2D eigenvalue weighted by Gasteiger charge is -2.67. The summed E-state index contributed by atoms with van der Waals surface area (Å²) < 4.78 is 0. The van der Waals surface area contributed by atoms with Crippen LogP contribution < -0.4 is 0 Å². The van der Waals surface area contributed by atoms with Crippen molar-refractivity contribution in [2.45, 2.75) is 97.7 Å².